The van der Waals surface area contributed by atoms with Gasteiger partial charge in [-0.25, -0.2) is 4.98 Å². The Morgan fingerprint density at radius 1 is 1.16 bits per heavy atom. The fourth-order valence-electron chi connectivity index (χ4n) is 2.97. The summed E-state index contributed by atoms with van der Waals surface area (Å²) in [6, 6.07) is 10.9. The van der Waals surface area contributed by atoms with Gasteiger partial charge in [0.2, 0.25) is 0 Å². The van der Waals surface area contributed by atoms with Gasteiger partial charge < -0.3 is 4.98 Å². The second kappa shape index (κ2) is 6.02. The first-order valence-corrected chi connectivity index (χ1v) is 7.17. The standard InChI is InChI=1S/C16H21N3/c1-2-5-14(6-3-1)15-7-4-11-19(12-8-15)13-16-17-9-10-18-16/h1-3,5-6,9-10,15H,4,7-8,11-13H2,(H,17,18)/t15-/m0/s1. The monoisotopic (exact) mass is 255 g/mol. The van der Waals surface area contributed by atoms with Crippen molar-refractivity contribution in [3.63, 3.8) is 0 Å². The van der Waals surface area contributed by atoms with E-state index in [0.717, 1.165) is 18.3 Å². The predicted molar refractivity (Wildman–Crippen MR) is 76.9 cm³/mol. The summed E-state index contributed by atoms with van der Waals surface area (Å²) in [5.41, 5.74) is 1.50. The summed E-state index contributed by atoms with van der Waals surface area (Å²) >= 11 is 0. The third-order valence-corrected chi connectivity index (χ3v) is 4.02. The Kier molecular flexibility index (Phi) is 3.94. The smallest absolute Gasteiger partial charge is 0.120 e. The number of H-pyrrole nitrogens is 1. The lowest BCUT2D eigenvalue weighted by molar-refractivity contribution is 0.269. The maximum atomic E-state index is 4.32. The highest BCUT2D eigenvalue weighted by molar-refractivity contribution is 5.19. The Balaban J connectivity index is 1.60. The van der Waals surface area contributed by atoms with Crippen molar-refractivity contribution in [2.45, 2.75) is 31.7 Å². The summed E-state index contributed by atoms with van der Waals surface area (Å²) in [6.07, 6.45) is 7.57. The summed E-state index contributed by atoms with van der Waals surface area (Å²) in [5.74, 6) is 1.81. The molecule has 0 spiro atoms. The van der Waals surface area contributed by atoms with Gasteiger partial charge in [-0.1, -0.05) is 30.3 Å². The van der Waals surface area contributed by atoms with Gasteiger partial charge in [-0.3, -0.25) is 4.90 Å². The molecule has 0 bridgehead atoms. The van der Waals surface area contributed by atoms with Crippen LogP contribution in [0.3, 0.4) is 0 Å². The van der Waals surface area contributed by atoms with E-state index >= 15 is 0 Å². The molecular weight excluding hydrogens is 234 g/mol. The van der Waals surface area contributed by atoms with Crippen LogP contribution in [0.15, 0.2) is 42.7 Å². The molecule has 19 heavy (non-hydrogen) atoms. The molecule has 1 aromatic carbocycles. The number of hydrogen-bond donors (Lipinski definition) is 1. The van der Waals surface area contributed by atoms with Gasteiger partial charge in [-0.15, -0.1) is 0 Å². The lowest BCUT2D eigenvalue weighted by Gasteiger charge is -2.18. The Morgan fingerprint density at radius 3 is 2.84 bits per heavy atom. The second-order valence-corrected chi connectivity index (χ2v) is 5.35. The SMILES string of the molecule is c1ccc([C@H]2CCCN(Cc3ncc[nH]3)CC2)cc1. The minimum Gasteiger partial charge on any atom is -0.348 e. The van der Waals surface area contributed by atoms with Crippen LogP contribution in [0, 0.1) is 0 Å². The quantitative estimate of drug-likeness (QED) is 0.913. The molecule has 100 valence electrons. The van der Waals surface area contributed by atoms with Gasteiger partial charge in [-0.2, -0.15) is 0 Å². The number of hydrogen-bond acceptors (Lipinski definition) is 2. The van der Waals surface area contributed by atoms with Gasteiger partial charge in [-0.05, 0) is 43.8 Å². The summed E-state index contributed by atoms with van der Waals surface area (Å²) in [4.78, 5) is 10.0. The van der Waals surface area contributed by atoms with Crippen LogP contribution in [0.5, 0.6) is 0 Å². The van der Waals surface area contributed by atoms with E-state index < -0.39 is 0 Å². The average molecular weight is 255 g/mol. The summed E-state index contributed by atoms with van der Waals surface area (Å²) < 4.78 is 0. The normalized spacial score (nSPS) is 21.2. The van der Waals surface area contributed by atoms with Crippen molar-refractivity contribution in [2.24, 2.45) is 0 Å². The molecule has 3 heteroatoms. The molecule has 2 heterocycles. The van der Waals surface area contributed by atoms with Crippen LogP contribution in [-0.2, 0) is 6.54 Å². The molecule has 0 saturated carbocycles. The van der Waals surface area contributed by atoms with Crippen LogP contribution >= 0.6 is 0 Å². The number of imidazole rings is 1. The van der Waals surface area contributed by atoms with E-state index in [2.05, 4.69) is 45.2 Å². The molecule has 3 nitrogen and oxygen atoms in total. The third kappa shape index (κ3) is 3.24. The zero-order valence-electron chi connectivity index (χ0n) is 11.3. The van der Waals surface area contributed by atoms with Crippen LogP contribution in [0.2, 0.25) is 0 Å². The highest BCUT2D eigenvalue weighted by Gasteiger charge is 2.18. The molecule has 1 atom stereocenters. The first kappa shape index (κ1) is 12.4. The molecule has 1 N–H and O–H groups in total. The van der Waals surface area contributed by atoms with E-state index in [-0.39, 0.29) is 0 Å². The molecule has 1 saturated heterocycles. The van der Waals surface area contributed by atoms with Crippen LogP contribution in [0.4, 0.5) is 0 Å². The molecule has 0 amide bonds. The van der Waals surface area contributed by atoms with E-state index in [4.69, 9.17) is 0 Å². The molecular formula is C16H21N3. The van der Waals surface area contributed by atoms with Crippen molar-refractivity contribution in [3.8, 4) is 0 Å². The van der Waals surface area contributed by atoms with E-state index in [1.807, 2.05) is 12.4 Å². The maximum Gasteiger partial charge on any atom is 0.120 e. The number of aromatic nitrogens is 2. The number of nitrogens with zero attached hydrogens (tertiary/aromatic N) is 2. The summed E-state index contributed by atoms with van der Waals surface area (Å²) in [6.45, 7) is 3.30. The van der Waals surface area contributed by atoms with Crippen LogP contribution in [-0.4, -0.2) is 28.0 Å². The Morgan fingerprint density at radius 2 is 2.05 bits per heavy atom. The Hall–Kier alpha value is -1.61. The van der Waals surface area contributed by atoms with Crippen molar-refractivity contribution < 1.29 is 0 Å². The molecule has 0 aliphatic carbocycles. The number of likely N-dealkylation sites (tertiary alicyclic amines) is 1. The first-order chi connectivity index (χ1) is 9.42. The number of aromatic amines is 1. The van der Waals surface area contributed by atoms with E-state index in [9.17, 15) is 0 Å². The zero-order chi connectivity index (χ0) is 12.9. The summed E-state index contributed by atoms with van der Waals surface area (Å²) in [5, 5.41) is 0. The molecule has 2 aromatic rings. The minimum atomic E-state index is 0.725. The van der Waals surface area contributed by atoms with Crippen molar-refractivity contribution in [3.05, 3.63) is 54.1 Å². The summed E-state index contributed by atoms with van der Waals surface area (Å²) in [7, 11) is 0. The second-order valence-electron chi connectivity index (χ2n) is 5.35. The number of benzene rings is 1. The molecule has 1 aliphatic heterocycles. The molecule has 0 unspecified atom stereocenters. The van der Waals surface area contributed by atoms with Gasteiger partial charge in [0.1, 0.15) is 5.82 Å². The van der Waals surface area contributed by atoms with Crippen molar-refractivity contribution in [1.29, 1.82) is 0 Å². The van der Waals surface area contributed by atoms with Crippen LogP contribution in [0.25, 0.3) is 0 Å². The third-order valence-electron chi connectivity index (χ3n) is 4.02. The lowest BCUT2D eigenvalue weighted by atomic mass is 9.92. The predicted octanol–water partition coefficient (Wildman–Crippen LogP) is 3.18. The molecule has 1 aromatic heterocycles. The van der Waals surface area contributed by atoms with Crippen molar-refractivity contribution >= 4 is 0 Å². The van der Waals surface area contributed by atoms with Gasteiger partial charge in [0.25, 0.3) is 0 Å². The van der Waals surface area contributed by atoms with Gasteiger partial charge in [0.15, 0.2) is 0 Å². The fraction of sp³-hybridized carbons (Fsp3) is 0.438. The van der Waals surface area contributed by atoms with Crippen molar-refractivity contribution in [1.82, 2.24) is 14.9 Å². The van der Waals surface area contributed by atoms with E-state index in [1.165, 1.54) is 37.9 Å². The van der Waals surface area contributed by atoms with Crippen LogP contribution < -0.4 is 0 Å². The van der Waals surface area contributed by atoms with E-state index in [1.54, 1.807) is 0 Å². The highest BCUT2D eigenvalue weighted by atomic mass is 15.1. The topological polar surface area (TPSA) is 31.9 Å². The minimum absolute atomic E-state index is 0.725. The largest absolute Gasteiger partial charge is 0.348 e. The number of nitrogens with one attached hydrogen (secondary N) is 1. The maximum absolute atomic E-state index is 4.32. The Bertz CT molecular complexity index is 478. The fourth-order valence-corrected chi connectivity index (χ4v) is 2.97. The van der Waals surface area contributed by atoms with Crippen LogP contribution in [0.1, 0.15) is 36.6 Å². The first-order valence-electron chi connectivity index (χ1n) is 7.17. The highest BCUT2D eigenvalue weighted by Crippen LogP contribution is 2.28. The zero-order valence-corrected chi connectivity index (χ0v) is 11.3. The average Bonchev–Trinajstić information content (AvgIpc) is 2.85. The number of rotatable bonds is 3. The molecule has 3 rings (SSSR count). The van der Waals surface area contributed by atoms with E-state index in [0.29, 0.717) is 0 Å². The molecule has 1 aliphatic rings. The Labute approximate surface area is 114 Å². The molecule has 0 radical (unpaired) electrons. The van der Waals surface area contributed by atoms with Gasteiger partial charge in [0.05, 0.1) is 6.54 Å². The van der Waals surface area contributed by atoms with Crippen molar-refractivity contribution in [2.75, 3.05) is 13.1 Å². The lowest BCUT2D eigenvalue weighted by Crippen LogP contribution is -2.24. The molecule has 1 fully saturated rings. The van der Waals surface area contributed by atoms with Gasteiger partial charge >= 0.3 is 0 Å². The van der Waals surface area contributed by atoms with Gasteiger partial charge in [0, 0.05) is 12.4 Å².